The van der Waals surface area contributed by atoms with Gasteiger partial charge in [-0.25, -0.2) is 0 Å². The molecule has 4 rings (SSSR count). The average Bonchev–Trinajstić information content (AvgIpc) is 2.90. The second-order valence-corrected chi connectivity index (χ2v) is 8.39. The third-order valence-corrected chi connectivity index (χ3v) is 6.29. The fourth-order valence-electron chi connectivity index (χ4n) is 4.44. The smallest absolute Gasteiger partial charge is 0.224 e. The topological polar surface area (TPSA) is 42.3 Å². The van der Waals surface area contributed by atoms with Crippen LogP contribution in [0.2, 0.25) is 0 Å². The van der Waals surface area contributed by atoms with Crippen LogP contribution in [0.15, 0.2) is 18.2 Å². The number of thioether (sulfide) groups is 1. The first-order valence-corrected chi connectivity index (χ1v) is 10.1. The molecule has 1 atom stereocenters. The monoisotopic (exact) mass is 356 g/mol. The van der Waals surface area contributed by atoms with Crippen molar-refractivity contribution in [3.8, 4) is 0 Å². The van der Waals surface area contributed by atoms with E-state index in [0.29, 0.717) is 12.2 Å². The van der Waals surface area contributed by atoms with E-state index < -0.39 is 0 Å². The Hall–Kier alpha value is -1.75. The summed E-state index contributed by atoms with van der Waals surface area (Å²) in [6.45, 7) is 5.35. The first-order valence-electron chi connectivity index (χ1n) is 9.10. The number of benzene rings is 1. The molecule has 132 valence electrons. The van der Waals surface area contributed by atoms with E-state index in [-0.39, 0.29) is 17.1 Å². The van der Waals surface area contributed by atoms with Crippen LogP contribution in [0.3, 0.4) is 0 Å². The van der Waals surface area contributed by atoms with Crippen LogP contribution in [-0.2, 0) is 22.6 Å². The minimum Gasteiger partial charge on any atom is -0.341 e. The molecule has 0 radical (unpaired) electrons. The molecule has 2 aliphatic rings. The molecule has 25 heavy (non-hydrogen) atoms. The van der Waals surface area contributed by atoms with Crippen molar-refractivity contribution in [2.24, 2.45) is 0 Å². The summed E-state index contributed by atoms with van der Waals surface area (Å²) in [6, 6.07) is 6.93. The van der Waals surface area contributed by atoms with Crippen LogP contribution in [0, 0.1) is 6.92 Å². The fraction of sp³-hybridized carbons (Fsp3) is 0.500. The maximum Gasteiger partial charge on any atom is 0.224 e. The second-order valence-electron chi connectivity index (χ2n) is 7.12. The largest absolute Gasteiger partial charge is 0.341 e. The Morgan fingerprint density at radius 1 is 1.28 bits per heavy atom. The number of hydrogen-bond donors (Lipinski definition) is 0. The molecule has 2 heterocycles. The molecule has 0 unspecified atom stereocenters. The van der Waals surface area contributed by atoms with Crippen molar-refractivity contribution in [3.63, 3.8) is 0 Å². The minimum atomic E-state index is 0.0851. The first-order chi connectivity index (χ1) is 12.1. The highest BCUT2D eigenvalue weighted by atomic mass is 32.2. The van der Waals surface area contributed by atoms with E-state index in [9.17, 15) is 9.59 Å². The predicted molar refractivity (Wildman–Crippen MR) is 102 cm³/mol. The molecule has 0 fully saturated rings. The van der Waals surface area contributed by atoms with Gasteiger partial charge in [0.15, 0.2) is 5.12 Å². The lowest BCUT2D eigenvalue weighted by Gasteiger charge is -2.40. The van der Waals surface area contributed by atoms with E-state index in [2.05, 4.69) is 34.6 Å². The van der Waals surface area contributed by atoms with Gasteiger partial charge in [0.05, 0.1) is 6.04 Å². The van der Waals surface area contributed by atoms with Gasteiger partial charge in [0.2, 0.25) is 5.91 Å². The maximum atomic E-state index is 12.8. The Bertz CT molecular complexity index is 855. The summed E-state index contributed by atoms with van der Waals surface area (Å²) >= 11 is 1.25. The zero-order valence-electron chi connectivity index (χ0n) is 14.9. The lowest BCUT2D eigenvalue weighted by Crippen LogP contribution is -2.43. The average molecular weight is 356 g/mol. The van der Waals surface area contributed by atoms with Crippen LogP contribution >= 0.6 is 11.8 Å². The molecule has 0 spiro atoms. The van der Waals surface area contributed by atoms with Gasteiger partial charge in [0, 0.05) is 48.8 Å². The summed E-state index contributed by atoms with van der Waals surface area (Å²) in [6.07, 6.45) is 3.75. The summed E-state index contributed by atoms with van der Waals surface area (Å²) in [5, 5.41) is 1.46. The van der Waals surface area contributed by atoms with E-state index in [4.69, 9.17) is 0 Å². The SMILES string of the molecule is CC(=O)SCCC(=O)N1CCn2c3c(c4cc(C)ccc42)CCC[C@H]31. The van der Waals surface area contributed by atoms with Gasteiger partial charge in [-0.05, 0) is 43.9 Å². The van der Waals surface area contributed by atoms with Gasteiger partial charge in [-0.1, -0.05) is 23.4 Å². The van der Waals surface area contributed by atoms with Gasteiger partial charge in [0.1, 0.15) is 0 Å². The highest BCUT2D eigenvalue weighted by molar-refractivity contribution is 8.13. The Morgan fingerprint density at radius 3 is 2.92 bits per heavy atom. The number of carbonyl (C=O) groups is 2. The third-order valence-electron chi connectivity index (χ3n) is 5.47. The molecule has 0 saturated carbocycles. The Morgan fingerprint density at radius 2 is 2.12 bits per heavy atom. The Labute approximate surface area is 152 Å². The second kappa shape index (κ2) is 6.52. The van der Waals surface area contributed by atoms with Crippen LogP contribution in [0.4, 0.5) is 0 Å². The molecule has 4 nitrogen and oxygen atoms in total. The van der Waals surface area contributed by atoms with Crippen LogP contribution in [-0.4, -0.2) is 32.8 Å². The molecule has 0 saturated heterocycles. The van der Waals surface area contributed by atoms with E-state index >= 15 is 0 Å². The van der Waals surface area contributed by atoms with Gasteiger partial charge in [-0.3, -0.25) is 9.59 Å². The number of aromatic nitrogens is 1. The van der Waals surface area contributed by atoms with Crippen molar-refractivity contribution in [1.29, 1.82) is 0 Å². The number of carbonyl (C=O) groups excluding carboxylic acids is 2. The van der Waals surface area contributed by atoms with Gasteiger partial charge < -0.3 is 9.47 Å². The van der Waals surface area contributed by atoms with Crippen LogP contribution in [0.25, 0.3) is 10.9 Å². The van der Waals surface area contributed by atoms with Gasteiger partial charge in [0.25, 0.3) is 0 Å². The van der Waals surface area contributed by atoms with Crippen molar-refractivity contribution in [1.82, 2.24) is 9.47 Å². The molecule has 2 aromatic rings. The molecule has 0 N–H and O–H groups in total. The summed E-state index contributed by atoms with van der Waals surface area (Å²) < 4.78 is 2.45. The molecule has 5 heteroatoms. The van der Waals surface area contributed by atoms with Gasteiger partial charge in [-0.2, -0.15) is 0 Å². The van der Waals surface area contributed by atoms with Gasteiger partial charge >= 0.3 is 0 Å². The maximum absolute atomic E-state index is 12.8. The number of fused-ring (bicyclic) bond motifs is 3. The number of rotatable bonds is 3. The van der Waals surface area contributed by atoms with Gasteiger partial charge in [-0.15, -0.1) is 0 Å². The van der Waals surface area contributed by atoms with Crippen molar-refractivity contribution < 1.29 is 9.59 Å². The van der Waals surface area contributed by atoms with E-state index in [1.54, 1.807) is 6.92 Å². The lowest BCUT2D eigenvalue weighted by molar-refractivity contribution is -0.134. The fourth-order valence-corrected chi connectivity index (χ4v) is 5.01. The van der Waals surface area contributed by atoms with Crippen molar-refractivity contribution in [2.45, 2.75) is 52.1 Å². The highest BCUT2D eigenvalue weighted by Gasteiger charge is 2.36. The van der Waals surface area contributed by atoms with Crippen LogP contribution < -0.4 is 0 Å². The molecule has 0 bridgehead atoms. The zero-order valence-corrected chi connectivity index (χ0v) is 15.7. The van der Waals surface area contributed by atoms with Crippen molar-refractivity contribution >= 4 is 33.7 Å². The summed E-state index contributed by atoms with van der Waals surface area (Å²) in [5.41, 5.74) is 5.43. The molecule has 1 aromatic heterocycles. The predicted octanol–water partition coefficient (Wildman–Crippen LogP) is 3.84. The Balaban J connectivity index is 1.66. The number of nitrogens with zero attached hydrogens (tertiary/aromatic N) is 2. The molecule has 1 aromatic carbocycles. The summed E-state index contributed by atoms with van der Waals surface area (Å²) in [5.74, 6) is 0.783. The number of hydrogen-bond acceptors (Lipinski definition) is 3. The Kier molecular flexibility index (Phi) is 4.36. The van der Waals surface area contributed by atoms with E-state index in [0.717, 1.165) is 32.4 Å². The van der Waals surface area contributed by atoms with Crippen molar-refractivity contribution in [3.05, 3.63) is 35.0 Å². The molecule has 1 aliphatic heterocycles. The van der Waals surface area contributed by atoms with E-state index in [1.165, 1.54) is 39.5 Å². The quantitative estimate of drug-likeness (QED) is 0.839. The summed E-state index contributed by atoms with van der Waals surface area (Å²) in [4.78, 5) is 25.9. The highest BCUT2D eigenvalue weighted by Crippen LogP contribution is 2.42. The van der Waals surface area contributed by atoms with Crippen LogP contribution in [0.1, 0.15) is 49.0 Å². The molecular formula is C20H24N2O2S. The third kappa shape index (κ3) is 2.88. The van der Waals surface area contributed by atoms with Crippen molar-refractivity contribution in [2.75, 3.05) is 12.3 Å². The minimum absolute atomic E-state index is 0.0851. The standard InChI is InChI=1S/C20H24N2O2S/c1-13-6-7-17-16(12-13)15-4-3-5-18-20(15)22(17)10-9-21(18)19(24)8-11-25-14(2)23/h6-7,12,18H,3-5,8-11H2,1-2H3/t18-/m1/s1. The molecule has 1 amide bonds. The number of aryl methyl sites for hydroxylation is 2. The molecular weight excluding hydrogens is 332 g/mol. The first kappa shape index (κ1) is 16.7. The normalized spacial score (nSPS) is 19.1. The van der Waals surface area contributed by atoms with E-state index in [1.807, 2.05) is 0 Å². The summed E-state index contributed by atoms with van der Waals surface area (Å²) in [7, 11) is 0. The zero-order chi connectivity index (χ0) is 17.6. The van der Waals surface area contributed by atoms with Crippen LogP contribution in [0.5, 0.6) is 0 Å². The molecule has 1 aliphatic carbocycles. The lowest BCUT2D eigenvalue weighted by atomic mass is 9.89. The number of amides is 1.